The molecule has 11 heteroatoms. The zero-order valence-corrected chi connectivity index (χ0v) is 13.3. The van der Waals surface area contributed by atoms with Gasteiger partial charge in [-0.1, -0.05) is 12.2 Å². The second-order valence-electron chi connectivity index (χ2n) is 3.93. The van der Waals surface area contributed by atoms with Gasteiger partial charge in [0, 0.05) is 13.1 Å². The van der Waals surface area contributed by atoms with Gasteiger partial charge in [-0.15, -0.1) is 13.2 Å². The summed E-state index contributed by atoms with van der Waals surface area (Å²) in [5.41, 5.74) is -1.84. The van der Waals surface area contributed by atoms with Crippen LogP contribution in [0.25, 0.3) is 0 Å². The molecule has 1 unspecified atom stereocenters. The van der Waals surface area contributed by atoms with Crippen molar-refractivity contribution in [1.82, 2.24) is 15.5 Å². The highest BCUT2D eigenvalue weighted by Gasteiger charge is 2.54. The molecule has 0 rings (SSSR count). The van der Waals surface area contributed by atoms with Crippen LogP contribution in [0.1, 0.15) is 0 Å². The van der Waals surface area contributed by atoms with Gasteiger partial charge in [0.2, 0.25) is 7.36 Å². The second kappa shape index (κ2) is 8.94. The van der Waals surface area contributed by atoms with Crippen molar-refractivity contribution in [3.8, 4) is 0 Å². The number of carbonyl (C=O) groups is 2. The summed E-state index contributed by atoms with van der Waals surface area (Å²) in [6, 6.07) is 0. The van der Waals surface area contributed by atoms with Crippen LogP contribution in [0, 0.1) is 0 Å². The summed E-state index contributed by atoms with van der Waals surface area (Å²) in [4.78, 5) is 22.6. The van der Waals surface area contributed by atoms with E-state index in [0.717, 1.165) is 0 Å². The molecule has 0 saturated heterocycles. The number of halogens is 3. The van der Waals surface area contributed by atoms with E-state index in [-0.39, 0.29) is 18.0 Å². The fraction of sp³-hybridized carbons (Fsp3) is 0.455. The number of aliphatic carboxylic acids is 1. The van der Waals surface area contributed by atoms with E-state index in [1.54, 1.807) is 0 Å². The predicted octanol–water partition coefficient (Wildman–Crippen LogP) is 0.765. The summed E-state index contributed by atoms with van der Waals surface area (Å²) < 4.78 is 38.2. The molecule has 6 nitrogen and oxygen atoms in total. The smallest absolute Gasteiger partial charge is 0.471 e. The first-order chi connectivity index (χ1) is 10.1. The minimum atomic E-state index is -5.23. The third-order valence-electron chi connectivity index (χ3n) is 2.34. The van der Waals surface area contributed by atoms with Gasteiger partial charge in [0.25, 0.3) is 0 Å². The number of rotatable bonds is 10. The predicted molar refractivity (Wildman–Crippen MR) is 80.2 cm³/mol. The van der Waals surface area contributed by atoms with Gasteiger partial charge >= 0.3 is 23.6 Å². The van der Waals surface area contributed by atoms with Crippen LogP contribution in [0.3, 0.4) is 0 Å². The van der Waals surface area contributed by atoms with Crippen LogP contribution in [0.5, 0.6) is 0 Å². The number of alkyl halides is 3. The Morgan fingerprint density at radius 2 is 1.68 bits per heavy atom. The Morgan fingerprint density at radius 3 is 1.95 bits per heavy atom. The maximum atomic E-state index is 12.7. The van der Waals surface area contributed by atoms with Gasteiger partial charge in [-0.3, -0.25) is 14.5 Å². The van der Waals surface area contributed by atoms with E-state index in [1.807, 2.05) is 0 Å². The van der Waals surface area contributed by atoms with Crippen LogP contribution in [0.4, 0.5) is 13.2 Å². The largest absolute Gasteiger partial charge is 0.480 e. The van der Waals surface area contributed by atoms with Crippen LogP contribution in [0.2, 0.25) is 0 Å². The molecule has 3 N–H and O–H groups in total. The number of carboxylic acids is 1. The van der Waals surface area contributed by atoms with Gasteiger partial charge in [-0.05, 0) is 0 Å². The van der Waals surface area contributed by atoms with Crippen molar-refractivity contribution in [2.24, 2.45) is 0 Å². The zero-order chi connectivity index (χ0) is 17.4. The van der Waals surface area contributed by atoms with Crippen LogP contribution < -0.4 is 10.6 Å². The Morgan fingerprint density at radius 1 is 1.23 bits per heavy atom. The molecule has 0 aliphatic heterocycles. The maximum Gasteiger partial charge on any atom is 0.471 e. The number of nitrogens with zero attached hydrogens (tertiary/aromatic N) is 1. The lowest BCUT2D eigenvalue weighted by Crippen LogP contribution is -2.68. The van der Waals surface area contributed by atoms with Crippen LogP contribution >= 0.6 is 7.36 Å². The highest BCUT2D eigenvalue weighted by Crippen LogP contribution is 2.28. The topological polar surface area (TPSA) is 81.7 Å². The minimum absolute atomic E-state index is 0.00897. The Balaban J connectivity index is 5.82. The molecular formula is C11H16F3N3O3PS+. The molecule has 0 bridgehead atoms. The molecule has 0 fully saturated rings. The van der Waals surface area contributed by atoms with E-state index >= 15 is 0 Å². The number of hydrogen-bond acceptors (Lipinski definition) is 5. The molecule has 1 atom stereocenters. The van der Waals surface area contributed by atoms with Crippen LogP contribution in [-0.2, 0) is 21.4 Å². The van der Waals surface area contributed by atoms with Crippen LogP contribution in [-0.4, -0.2) is 53.2 Å². The Hall–Kier alpha value is -1.35. The Bertz CT molecular complexity index is 448. The van der Waals surface area contributed by atoms with E-state index in [9.17, 15) is 22.8 Å². The van der Waals surface area contributed by atoms with Crippen molar-refractivity contribution in [2.75, 3.05) is 19.6 Å². The molecule has 22 heavy (non-hydrogen) atoms. The SMILES string of the molecule is C=CCNC(NCC=C)([PH+]=S)N(CC(=O)O)C(=O)C(F)(F)F. The highest BCUT2D eigenvalue weighted by atomic mass is 32.4. The summed E-state index contributed by atoms with van der Waals surface area (Å²) in [5.74, 6) is -3.91. The molecule has 124 valence electrons. The molecule has 0 aliphatic carbocycles. The summed E-state index contributed by atoms with van der Waals surface area (Å²) in [5, 5.41) is 14.0. The van der Waals surface area contributed by atoms with Gasteiger partial charge in [0.05, 0.1) is 0 Å². The van der Waals surface area contributed by atoms with Gasteiger partial charge in [-0.2, -0.15) is 13.2 Å². The van der Waals surface area contributed by atoms with E-state index < -0.39 is 37.5 Å². The van der Waals surface area contributed by atoms with Gasteiger partial charge in [-0.25, -0.2) is 10.6 Å². The third-order valence-corrected chi connectivity index (χ3v) is 4.14. The van der Waals surface area contributed by atoms with Crippen molar-refractivity contribution >= 4 is 31.0 Å². The Labute approximate surface area is 131 Å². The summed E-state index contributed by atoms with van der Waals surface area (Å²) >= 11 is 4.86. The van der Waals surface area contributed by atoms with Crippen molar-refractivity contribution in [3.63, 3.8) is 0 Å². The fourth-order valence-corrected chi connectivity index (χ4v) is 2.85. The quantitative estimate of drug-likeness (QED) is 0.304. The lowest BCUT2D eigenvalue weighted by Gasteiger charge is -2.35. The average molecular weight is 358 g/mol. The molecule has 0 heterocycles. The lowest BCUT2D eigenvalue weighted by molar-refractivity contribution is -0.192. The van der Waals surface area contributed by atoms with E-state index in [1.165, 1.54) is 12.2 Å². The maximum absolute atomic E-state index is 12.7. The van der Waals surface area contributed by atoms with Crippen molar-refractivity contribution in [2.45, 2.75) is 11.7 Å². The first kappa shape index (κ1) is 20.6. The molecule has 0 saturated carbocycles. The molecule has 0 radical (unpaired) electrons. The van der Waals surface area contributed by atoms with E-state index in [0.29, 0.717) is 0 Å². The monoisotopic (exact) mass is 358 g/mol. The fourth-order valence-electron chi connectivity index (χ4n) is 1.45. The lowest BCUT2D eigenvalue weighted by atomic mass is 10.4. The molecular weight excluding hydrogens is 342 g/mol. The van der Waals surface area contributed by atoms with Crippen molar-refractivity contribution < 1.29 is 27.9 Å². The molecule has 0 spiro atoms. The second-order valence-corrected chi connectivity index (χ2v) is 5.47. The number of hydrogen-bond donors (Lipinski definition) is 3. The first-order valence-corrected chi connectivity index (χ1v) is 7.99. The summed E-state index contributed by atoms with van der Waals surface area (Å²) in [6.07, 6.45) is -2.55. The average Bonchev–Trinajstić information content (AvgIpc) is 2.44. The summed E-state index contributed by atoms with van der Waals surface area (Å²) in [7, 11) is -0.702. The van der Waals surface area contributed by atoms with E-state index in [4.69, 9.17) is 16.9 Å². The van der Waals surface area contributed by atoms with Crippen molar-refractivity contribution in [1.29, 1.82) is 0 Å². The molecule has 0 aromatic heterocycles. The highest BCUT2D eigenvalue weighted by molar-refractivity contribution is 7.97. The zero-order valence-electron chi connectivity index (χ0n) is 11.4. The third kappa shape index (κ3) is 5.80. The van der Waals surface area contributed by atoms with E-state index in [2.05, 4.69) is 23.8 Å². The number of nitrogens with one attached hydrogen (secondary N) is 2. The molecule has 0 aromatic carbocycles. The van der Waals surface area contributed by atoms with Gasteiger partial charge in [0.15, 0.2) is 11.8 Å². The van der Waals surface area contributed by atoms with Crippen molar-refractivity contribution in [3.05, 3.63) is 25.3 Å². The van der Waals surface area contributed by atoms with Crippen LogP contribution in [0.15, 0.2) is 25.3 Å². The molecule has 0 aliphatic rings. The standard InChI is InChI=1S/C11H15F3N3O3PS/c1-3-5-15-11(21-22,16-6-4-2)17(7-8(18)19)9(20)10(12,13)14/h3-4,15-16H,1-2,5-7H2,(H,18,19)/p+1. The number of carbonyl (C=O) groups excluding carboxylic acids is 1. The Kier molecular flexibility index (Phi) is 8.39. The number of amides is 1. The molecule has 1 amide bonds. The normalized spacial score (nSPS) is 12.0. The summed E-state index contributed by atoms with van der Waals surface area (Å²) in [6.45, 7) is 5.67. The number of carboxylic acid groups (broad SMARTS) is 1. The van der Waals surface area contributed by atoms with Gasteiger partial charge in [0.1, 0.15) is 6.54 Å². The first-order valence-electron chi connectivity index (χ1n) is 5.86. The van der Waals surface area contributed by atoms with Gasteiger partial charge < -0.3 is 5.11 Å². The molecule has 0 aromatic rings. The minimum Gasteiger partial charge on any atom is -0.480 e.